The molecular weight excluding hydrogens is 306 g/mol. The van der Waals surface area contributed by atoms with Gasteiger partial charge in [0, 0.05) is 6.54 Å². The molecule has 2 aromatic rings. The van der Waals surface area contributed by atoms with Crippen LogP contribution in [-0.2, 0) is 11.2 Å². The molecule has 128 valence electrons. The highest BCUT2D eigenvalue weighted by atomic mass is 16.5. The Bertz CT molecular complexity index is 640. The van der Waals surface area contributed by atoms with Crippen molar-refractivity contribution in [3.8, 4) is 11.5 Å². The van der Waals surface area contributed by atoms with Crippen LogP contribution in [0.3, 0.4) is 0 Å². The molecular formula is C19H23NO4. The van der Waals surface area contributed by atoms with E-state index in [2.05, 4.69) is 5.32 Å². The Hall–Kier alpha value is -2.53. The predicted octanol–water partition coefficient (Wildman–Crippen LogP) is 2.10. The smallest absolute Gasteiger partial charge is 0.224 e. The zero-order valence-corrected chi connectivity index (χ0v) is 13.8. The number of rotatable bonds is 9. The lowest BCUT2D eigenvalue weighted by Crippen LogP contribution is -2.27. The predicted molar refractivity (Wildman–Crippen MR) is 92.4 cm³/mol. The molecule has 0 bridgehead atoms. The quantitative estimate of drug-likeness (QED) is 0.692. The average molecular weight is 329 g/mol. The number of aliphatic hydroxyl groups is 1. The Morgan fingerprint density at radius 2 is 1.75 bits per heavy atom. The van der Waals surface area contributed by atoms with Crippen molar-refractivity contribution in [2.75, 3.05) is 26.4 Å². The molecule has 5 nitrogen and oxygen atoms in total. The van der Waals surface area contributed by atoms with Gasteiger partial charge in [-0.15, -0.1) is 0 Å². The van der Waals surface area contributed by atoms with Gasteiger partial charge in [0.15, 0.2) is 0 Å². The number of amides is 1. The standard InChI is InChI=1S/C19H23NO4/c1-15-4-2-3-5-18(15)24-13-12-23-17-8-6-16(7-9-17)14-19(22)20-10-11-21/h2-9,21H,10-14H2,1H3,(H,20,22). The first-order valence-corrected chi connectivity index (χ1v) is 7.97. The first-order chi connectivity index (χ1) is 11.7. The number of aryl methyl sites for hydroxylation is 1. The lowest BCUT2D eigenvalue weighted by atomic mass is 10.1. The Kier molecular flexibility index (Phi) is 7.11. The van der Waals surface area contributed by atoms with E-state index in [9.17, 15) is 4.79 Å². The molecule has 0 aromatic heterocycles. The number of ether oxygens (including phenoxy) is 2. The summed E-state index contributed by atoms with van der Waals surface area (Å²) in [6.45, 7) is 3.15. The van der Waals surface area contributed by atoms with Gasteiger partial charge in [0.1, 0.15) is 24.7 Å². The summed E-state index contributed by atoms with van der Waals surface area (Å²) in [5.41, 5.74) is 2.00. The Balaban J connectivity index is 1.72. The average Bonchev–Trinajstić information content (AvgIpc) is 2.60. The first-order valence-electron chi connectivity index (χ1n) is 7.97. The molecule has 0 fully saturated rings. The van der Waals surface area contributed by atoms with Crippen molar-refractivity contribution >= 4 is 5.91 Å². The summed E-state index contributed by atoms with van der Waals surface area (Å²) in [4.78, 5) is 11.6. The van der Waals surface area contributed by atoms with Gasteiger partial charge in [-0.1, -0.05) is 30.3 Å². The first kappa shape index (κ1) is 17.8. The highest BCUT2D eigenvalue weighted by molar-refractivity contribution is 5.78. The molecule has 2 rings (SSSR count). The van der Waals surface area contributed by atoms with E-state index in [0.717, 1.165) is 22.6 Å². The maximum Gasteiger partial charge on any atom is 0.224 e. The van der Waals surface area contributed by atoms with Crippen molar-refractivity contribution in [1.29, 1.82) is 0 Å². The summed E-state index contributed by atoms with van der Waals surface area (Å²) in [6.07, 6.45) is 0.288. The number of para-hydroxylation sites is 1. The normalized spacial score (nSPS) is 10.2. The highest BCUT2D eigenvalue weighted by Gasteiger charge is 2.03. The van der Waals surface area contributed by atoms with E-state index >= 15 is 0 Å². The van der Waals surface area contributed by atoms with E-state index in [0.29, 0.717) is 13.2 Å². The zero-order chi connectivity index (χ0) is 17.2. The third kappa shape index (κ3) is 5.93. The topological polar surface area (TPSA) is 67.8 Å². The highest BCUT2D eigenvalue weighted by Crippen LogP contribution is 2.16. The van der Waals surface area contributed by atoms with Crippen LogP contribution in [0.15, 0.2) is 48.5 Å². The van der Waals surface area contributed by atoms with Crippen LogP contribution in [0.25, 0.3) is 0 Å². The van der Waals surface area contributed by atoms with Gasteiger partial charge in [0.05, 0.1) is 13.0 Å². The van der Waals surface area contributed by atoms with Gasteiger partial charge < -0.3 is 19.9 Å². The summed E-state index contributed by atoms with van der Waals surface area (Å²) in [5, 5.41) is 11.3. The fourth-order valence-corrected chi connectivity index (χ4v) is 2.18. The van der Waals surface area contributed by atoms with Crippen LogP contribution >= 0.6 is 0 Å². The molecule has 2 aromatic carbocycles. The summed E-state index contributed by atoms with van der Waals surface area (Å²) < 4.78 is 11.3. The largest absolute Gasteiger partial charge is 0.490 e. The van der Waals surface area contributed by atoms with Crippen LogP contribution in [0.1, 0.15) is 11.1 Å². The van der Waals surface area contributed by atoms with Crippen molar-refractivity contribution in [3.05, 3.63) is 59.7 Å². The van der Waals surface area contributed by atoms with Gasteiger partial charge in [-0.05, 0) is 36.2 Å². The van der Waals surface area contributed by atoms with Crippen LogP contribution in [0.5, 0.6) is 11.5 Å². The molecule has 0 heterocycles. The van der Waals surface area contributed by atoms with Crippen LogP contribution < -0.4 is 14.8 Å². The van der Waals surface area contributed by atoms with Crippen LogP contribution in [0.4, 0.5) is 0 Å². The third-order valence-corrected chi connectivity index (χ3v) is 3.43. The minimum Gasteiger partial charge on any atom is -0.490 e. The summed E-state index contributed by atoms with van der Waals surface area (Å²) in [7, 11) is 0. The van der Waals surface area contributed by atoms with Gasteiger partial charge in [-0.3, -0.25) is 4.79 Å². The molecule has 1 amide bonds. The van der Waals surface area contributed by atoms with Crippen molar-refractivity contribution < 1.29 is 19.4 Å². The molecule has 0 saturated carbocycles. The monoisotopic (exact) mass is 329 g/mol. The van der Waals surface area contributed by atoms with Gasteiger partial charge in [-0.25, -0.2) is 0 Å². The van der Waals surface area contributed by atoms with Crippen molar-refractivity contribution in [2.45, 2.75) is 13.3 Å². The fourth-order valence-electron chi connectivity index (χ4n) is 2.18. The summed E-state index contributed by atoms with van der Waals surface area (Å²) in [5.74, 6) is 1.50. The van der Waals surface area contributed by atoms with E-state index in [1.165, 1.54) is 0 Å². The van der Waals surface area contributed by atoms with Crippen LogP contribution in [-0.4, -0.2) is 37.4 Å². The second-order valence-corrected chi connectivity index (χ2v) is 5.36. The summed E-state index contributed by atoms with van der Waals surface area (Å²) in [6, 6.07) is 15.2. The maximum absolute atomic E-state index is 11.6. The third-order valence-electron chi connectivity index (χ3n) is 3.43. The van der Waals surface area contributed by atoms with E-state index in [-0.39, 0.29) is 25.5 Å². The van der Waals surface area contributed by atoms with Crippen LogP contribution in [0.2, 0.25) is 0 Å². The molecule has 0 saturated heterocycles. The van der Waals surface area contributed by atoms with E-state index in [1.807, 2.05) is 55.5 Å². The Morgan fingerprint density at radius 3 is 2.46 bits per heavy atom. The molecule has 0 radical (unpaired) electrons. The SMILES string of the molecule is Cc1ccccc1OCCOc1ccc(CC(=O)NCCO)cc1. The molecule has 0 aliphatic carbocycles. The maximum atomic E-state index is 11.6. The molecule has 5 heteroatoms. The molecule has 24 heavy (non-hydrogen) atoms. The molecule has 0 aliphatic heterocycles. The second-order valence-electron chi connectivity index (χ2n) is 5.36. The molecule has 0 aliphatic rings. The van der Waals surface area contributed by atoms with Gasteiger partial charge >= 0.3 is 0 Å². The second kappa shape index (κ2) is 9.57. The lowest BCUT2D eigenvalue weighted by Gasteiger charge is -2.10. The zero-order valence-electron chi connectivity index (χ0n) is 13.8. The molecule has 2 N–H and O–H groups in total. The Labute approximate surface area is 142 Å². The minimum atomic E-state index is -0.107. The number of nitrogens with one attached hydrogen (secondary N) is 1. The van der Waals surface area contributed by atoms with Crippen molar-refractivity contribution in [3.63, 3.8) is 0 Å². The van der Waals surface area contributed by atoms with Gasteiger partial charge in [0.2, 0.25) is 5.91 Å². The number of aliphatic hydroxyl groups excluding tert-OH is 1. The minimum absolute atomic E-state index is 0.0525. The lowest BCUT2D eigenvalue weighted by molar-refractivity contribution is -0.120. The number of hydrogen-bond donors (Lipinski definition) is 2. The number of benzene rings is 2. The van der Waals surface area contributed by atoms with Crippen LogP contribution in [0, 0.1) is 6.92 Å². The molecule has 0 spiro atoms. The van der Waals surface area contributed by atoms with Gasteiger partial charge in [-0.2, -0.15) is 0 Å². The molecule has 0 atom stereocenters. The summed E-state index contributed by atoms with van der Waals surface area (Å²) >= 11 is 0. The van der Waals surface area contributed by atoms with Crippen molar-refractivity contribution in [1.82, 2.24) is 5.32 Å². The molecule has 0 unspecified atom stereocenters. The fraction of sp³-hybridized carbons (Fsp3) is 0.316. The van der Waals surface area contributed by atoms with E-state index < -0.39 is 0 Å². The Morgan fingerprint density at radius 1 is 1.04 bits per heavy atom. The number of carbonyl (C=O) groups is 1. The van der Waals surface area contributed by atoms with Gasteiger partial charge in [0.25, 0.3) is 0 Å². The van der Waals surface area contributed by atoms with E-state index in [1.54, 1.807) is 0 Å². The number of carbonyl (C=O) groups excluding carboxylic acids is 1. The van der Waals surface area contributed by atoms with Crippen molar-refractivity contribution in [2.24, 2.45) is 0 Å². The number of hydrogen-bond acceptors (Lipinski definition) is 4. The van der Waals surface area contributed by atoms with E-state index in [4.69, 9.17) is 14.6 Å².